The van der Waals surface area contributed by atoms with E-state index in [0.29, 0.717) is 19.4 Å². The summed E-state index contributed by atoms with van der Waals surface area (Å²) in [6, 6.07) is 6.46. The van der Waals surface area contributed by atoms with Crippen molar-refractivity contribution < 1.29 is 14.7 Å². The zero-order valence-corrected chi connectivity index (χ0v) is 15.4. The summed E-state index contributed by atoms with van der Waals surface area (Å²) in [6.45, 7) is 2.69. The molecule has 1 heterocycles. The van der Waals surface area contributed by atoms with E-state index in [1.54, 1.807) is 0 Å². The Morgan fingerprint density at radius 3 is 2.58 bits per heavy atom. The van der Waals surface area contributed by atoms with Gasteiger partial charge in [0.15, 0.2) is 0 Å². The molecule has 1 saturated carbocycles. The van der Waals surface area contributed by atoms with Crippen molar-refractivity contribution in [1.29, 1.82) is 0 Å². The molecular formula is C18H23BrN2O3. The maximum absolute atomic E-state index is 12.7. The third-order valence-electron chi connectivity index (χ3n) is 5.22. The number of nitrogens with zero attached hydrogens (tertiary/aromatic N) is 1. The normalized spacial score (nSPS) is 26.6. The monoisotopic (exact) mass is 394 g/mol. The van der Waals surface area contributed by atoms with Gasteiger partial charge in [-0.2, -0.15) is 0 Å². The van der Waals surface area contributed by atoms with Crippen molar-refractivity contribution in [2.75, 3.05) is 0 Å². The van der Waals surface area contributed by atoms with Gasteiger partial charge in [0.05, 0.1) is 5.92 Å². The van der Waals surface area contributed by atoms with E-state index in [1.807, 2.05) is 11.0 Å². The Morgan fingerprint density at radius 2 is 1.92 bits per heavy atom. The molecule has 24 heavy (non-hydrogen) atoms. The van der Waals surface area contributed by atoms with Gasteiger partial charge in [-0.05, 0) is 62.3 Å². The lowest BCUT2D eigenvalue weighted by Crippen LogP contribution is -2.51. The lowest BCUT2D eigenvalue weighted by atomic mass is 9.86. The van der Waals surface area contributed by atoms with Gasteiger partial charge in [-0.15, -0.1) is 0 Å². The minimum atomic E-state index is -0.716. The van der Waals surface area contributed by atoms with Crippen LogP contribution in [0.15, 0.2) is 22.7 Å². The zero-order chi connectivity index (χ0) is 17.3. The Labute approximate surface area is 150 Å². The minimum absolute atomic E-state index is 0.0353. The topological polar surface area (TPSA) is 69.6 Å². The molecule has 0 bridgehead atoms. The number of aliphatic carboxylic acids is 1. The predicted molar refractivity (Wildman–Crippen MR) is 94.8 cm³/mol. The molecular weight excluding hydrogens is 372 g/mol. The fourth-order valence-corrected chi connectivity index (χ4v) is 4.13. The second-order valence-corrected chi connectivity index (χ2v) is 7.85. The van der Waals surface area contributed by atoms with Crippen LogP contribution in [0.25, 0.3) is 0 Å². The van der Waals surface area contributed by atoms with Gasteiger partial charge >= 0.3 is 12.0 Å². The largest absolute Gasteiger partial charge is 0.481 e. The first kappa shape index (κ1) is 17.3. The number of benzene rings is 1. The van der Waals surface area contributed by atoms with Crippen LogP contribution in [-0.2, 0) is 17.8 Å². The molecule has 2 aliphatic rings. The Hall–Kier alpha value is -1.56. The lowest BCUT2D eigenvalue weighted by Gasteiger charge is -2.37. The van der Waals surface area contributed by atoms with Crippen molar-refractivity contribution in [3.63, 3.8) is 0 Å². The number of carboxylic acid groups (broad SMARTS) is 1. The molecule has 0 radical (unpaired) electrons. The Balaban J connectivity index is 1.60. The van der Waals surface area contributed by atoms with Crippen LogP contribution >= 0.6 is 15.9 Å². The maximum atomic E-state index is 12.7. The van der Waals surface area contributed by atoms with E-state index in [-0.39, 0.29) is 24.0 Å². The summed E-state index contributed by atoms with van der Waals surface area (Å²) in [6.07, 6.45) is 3.64. The number of carbonyl (C=O) groups excluding carboxylic acids is 1. The van der Waals surface area contributed by atoms with E-state index in [1.165, 1.54) is 11.1 Å². The minimum Gasteiger partial charge on any atom is -0.481 e. The van der Waals surface area contributed by atoms with Crippen molar-refractivity contribution in [1.82, 2.24) is 10.2 Å². The number of nitrogens with one attached hydrogen (secondary N) is 1. The molecule has 1 atom stereocenters. The van der Waals surface area contributed by atoms with Crippen LogP contribution in [-0.4, -0.2) is 34.1 Å². The number of hydrogen-bond acceptors (Lipinski definition) is 2. The molecule has 5 nitrogen and oxygen atoms in total. The van der Waals surface area contributed by atoms with Gasteiger partial charge in [-0.3, -0.25) is 4.79 Å². The Morgan fingerprint density at radius 1 is 1.21 bits per heavy atom. The van der Waals surface area contributed by atoms with Gasteiger partial charge in [0.25, 0.3) is 0 Å². The van der Waals surface area contributed by atoms with Crippen LogP contribution in [0.1, 0.15) is 43.7 Å². The maximum Gasteiger partial charge on any atom is 0.318 e. The van der Waals surface area contributed by atoms with E-state index in [2.05, 4.69) is 40.3 Å². The molecule has 6 heteroatoms. The van der Waals surface area contributed by atoms with Crippen LogP contribution in [0.3, 0.4) is 0 Å². The van der Waals surface area contributed by atoms with Gasteiger partial charge in [-0.1, -0.05) is 22.0 Å². The van der Waals surface area contributed by atoms with Crippen LogP contribution in [0.4, 0.5) is 4.79 Å². The summed E-state index contributed by atoms with van der Waals surface area (Å²) < 4.78 is 1.03. The number of carboxylic acids is 1. The van der Waals surface area contributed by atoms with Gasteiger partial charge < -0.3 is 15.3 Å². The molecule has 1 aromatic rings. The third kappa shape index (κ3) is 3.74. The summed E-state index contributed by atoms with van der Waals surface area (Å²) in [4.78, 5) is 25.6. The first-order valence-corrected chi connectivity index (χ1v) is 9.30. The van der Waals surface area contributed by atoms with Gasteiger partial charge in [-0.25, -0.2) is 4.79 Å². The highest BCUT2D eigenvalue weighted by atomic mass is 79.9. The summed E-state index contributed by atoms with van der Waals surface area (Å²) in [5, 5.41) is 12.2. The van der Waals surface area contributed by atoms with E-state index in [0.717, 1.165) is 23.7 Å². The van der Waals surface area contributed by atoms with Crippen molar-refractivity contribution in [2.45, 2.75) is 57.7 Å². The smallest absolute Gasteiger partial charge is 0.318 e. The number of urea groups is 1. The molecule has 1 aliphatic heterocycles. The first-order chi connectivity index (χ1) is 11.4. The fourth-order valence-electron chi connectivity index (χ4n) is 3.72. The summed E-state index contributed by atoms with van der Waals surface area (Å²) in [5.41, 5.74) is 2.49. The second-order valence-electron chi connectivity index (χ2n) is 6.93. The average molecular weight is 395 g/mol. The first-order valence-electron chi connectivity index (χ1n) is 8.51. The molecule has 130 valence electrons. The number of halogens is 1. The van der Waals surface area contributed by atoms with Gasteiger partial charge in [0.2, 0.25) is 0 Å². The molecule has 2 amide bonds. The molecule has 1 fully saturated rings. The van der Waals surface area contributed by atoms with Gasteiger partial charge in [0, 0.05) is 23.1 Å². The molecule has 2 N–H and O–H groups in total. The summed E-state index contributed by atoms with van der Waals surface area (Å²) >= 11 is 3.49. The van der Waals surface area contributed by atoms with Crippen molar-refractivity contribution >= 4 is 27.9 Å². The number of hydrogen-bond donors (Lipinski definition) is 2. The lowest BCUT2D eigenvalue weighted by molar-refractivity contribution is -0.142. The van der Waals surface area contributed by atoms with Crippen molar-refractivity contribution in [3.8, 4) is 0 Å². The molecule has 0 spiro atoms. The van der Waals surface area contributed by atoms with Crippen molar-refractivity contribution in [3.05, 3.63) is 33.8 Å². The second kappa shape index (κ2) is 7.13. The number of amides is 2. The molecule has 1 unspecified atom stereocenters. The van der Waals surface area contributed by atoms with Gasteiger partial charge in [0.1, 0.15) is 0 Å². The fraction of sp³-hybridized carbons (Fsp3) is 0.556. The predicted octanol–water partition coefficient (Wildman–Crippen LogP) is 3.55. The molecule has 3 rings (SSSR count). The summed E-state index contributed by atoms with van der Waals surface area (Å²) in [7, 11) is 0. The molecule has 1 aromatic carbocycles. The van der Waals surface area contributed by atoms with Crippen LogP contribution in [0, 0.1) is 5.92 Å². The van der Waals surface area contributed by atoms with E-state index < -0.39 is 5.97 Å². The van der Waals surface area contributed by atoms with Crippen LogP contribution in [0.5, 0.6) is 0 Å². The van der Waals surface area contributed by atoms with Crippen LogP contribution in [0.2, 0.25) is 0 Å². The third-order valence-corrected chi connectivity index (χ3v) is 5.71. The number of fused-ring (bicyclic) bond motifs is 1. The van der Waals surface area contributed by atoms with Crippen molar-refractivity contribution in [2.24, 2.45) is 5.92 Å². The molecule has 1 aliphatic carbocycles. The highest BCUT2D eigenvalue weighted by Gasteiger charge is 2.31. The average Bonchev–Trinajstić information content (AvgIpc) is 2.55. The van der Waals surface area contributed by atoms with E-state index in [9.17, 15) is 9.59 Å². The van der Waals surface area contributed by atoms with E-state index in [4.69, 9.17) is 5.11 Å². The number of carbonyl (C=O) groups is 2. The standard InChI is InChI=1S/C18H23BrN2O3/c1-11-8-13-2-5-15(19)9-14(13)10-21(11)18(24)20-16-6-3-12(4-7-16)17(22)23/h2,5,9,11-12,16H,3-4,6-8,10H2,1H3,(H,20,24)(H,22,23). The highest BCUT2D eigenvalue weighted by molar-refractivity contribution is 9.10. The molecule has 0 saturated heterocycles. The Bertz CT molecular complexity index is 641. The SMILES string of the molecule is CC1Cc2ccc(Br)cc2CN1C(=O)NC1CCC(C(=O)O)CC1. The number of rotatable bonds is 2. The van der Waals surface area contributed by atoms with Crippen LogP contribution < -0.4 is 5.32 Å². The van der Waals surface area contributed by atoms with E-state index >= 15 is 0 Å². The zero-order valence-electron chi connectivity index (χ0n) is 13.8. The quantitative estimate of drug-likeness (QED) is 0.805. The summed E-state index contributed by atoms with van der Waals surface area (Å²) in [5.74, 6) is -0.970. The highest BCUT2D eigenvalue weighted by Crippen LogP contribution is 2.28. The molecule has 0 aromatic heterocycles. The Kier molecular flexibility index (Phi) is 5.13.